The van der Waals surface area contributed by atoms with Crippen molar-refractivity contribution in [1.29, 1.82) is 0 Å². The molecule has 11 heteroatoms. The minimum absolute atomic E-state index is 1.26. The monoisotopic (exact) mass is 250 g/mol. The van der Waals surface area contributed by atoms with Crippen molar-refractivity contribution in [3.63, 3.8) is 0 Å². The number of aliphatic hydroxyl groups is 1. The molecule has 0 fully saturated rings. The molecule has 0 heterocycles. The fourth-order valence-corrected chi connectivity index (χ4v) is 2.46. The molecule has 1 atom stereocenters. The molecule has 14 heavy (non-hydrogen) atoms. The molecule has 7 N–H and O–H groups in total. The Morgan fingerprint density at radius 2 is 1.43 bits per heavy atom. The Morgan fingerprint density at radius 3 is 1.50 bits per heavy atom. The zero-order chi connectivity index (χ0) is 11.8. The molecule has 0 rings (SSSR count). The summed E-state index contributed by atoms with van der Waals surface area (Å²) in [4.78, 5) is 0. The third-order valence-corrected chi connectivity index (χ3v) is 4.71. The van der Waals surface area contributed by atoms with Gasteiger partial charge in [-0.05, 0) is 0 Å². The first-order chi connectivity index (χ1) is 5.92. The van der Waals surface area contributed by atoms with E-state index in [0.717, 1.165) is 0 Å². The molecule has 1 unspecified atom stereocenters. The molecule has 0 aliphatic heterocycles. The van der Waals surface area contributed by atoms with Crippen LogP contribution in [0.4, 0.5) is 0 Å². The van der Waals surface area contributed by atoms with E-state index < -0.39 is 37.1 Å². The van der Waals surface area contributed by atoms with E-state index in [0.29, 0.717) is 0 Å². The molecule has 86 valence electrons. The fourth-order valence-electron chi connectivity index (χ4n) is 0.635. The van der Waals surface area contributed by atoms with Crippen molar-refractivity contribution in [1.82, 2.24) is 0 Å². The van der Waals surface area contributed by atoms with Crippen molar-refractivity contribution in [3.8, 4) is 0 Å². The van der Waals surface area contributed by atoms with Crippen molar-refractivity contribution in [2.24, 2.45) is 11.5 Å². The predicted molar refractivity (Wildman–Crippen MR) is 44.8 cm³/mol. The largest absolute Gasteiger partial charge is 0.379 e. The molecule has 0 saturated heterocycles. The zero-order valence-electron chi connectivity index (χ0n) is 6.73. The summed E-state index contributed by atoms with van der Waals surface area (Å²) in [5.74, 6) is 0. The van der Waals surface area contributed by atoms with E-state index >= 15 is 0 Å². The summed E-state index contributed by atoms with van der Waals surface area (Å²) < 4.78 is 55.7. The summed E-state index contributed by atoms with van der Waals surface area (Å²) in [6.45, 7) is 0. The van der Waals surface area contributed by atoms with E-state index in [1.165, 1.54) is 0 Å². The van der Waals surface area contributed by atoms with Gasteiger partial charge in [-0.1, -0.05) is 0 Å². The molecule has 0 aliphatic carbocycles. The number of aliphatic hydroxyl groups excluding tert-OH is 1. The van der Waals surface area contributed by atoms with Crippen LogP contribution in [0, 0.1) is 0 Å². The minimum atomic E-state index is -5.32. The van der Waals surface area contributed by atoms with Crippen LogP contribution in [0.15, 0.2) is 0 Å². The lowest BCUT2D eigenvalue weighted by atomic mass is 10.4. The van der Waals surface area contributed by atoms with E-state index in [1.807, 2.05) is 0 Å². The lowest BCUT2D eigenvalue weighted by molar-refractivity contribution is 0.162. The van der Waals surface area contributed by atoms with Gasteiger partial charge in [0, 0.05) is 6.42 Å². The van der Waals surface area contributed by atoms with Crippen molar-refractivity contribution in [3.05, 3.63) is 0 Å². The molecule has 0 spiro atoms. The highest BCUT2D eigenvalue weighted by Crippen LogP contribution is 2.21. The lowest BCUT2D eigenvalue weighted by Crippen LogP contribution is -2.56. The highest BCUT2D eigenvalue weighted by atomic mass is 32.3. The Hall–Kier alpha value is -0.300. The first kappa shape index (κ1) is 13.7. The normalized spacial score (nSPS) is 16.6. The van der Waals surface area contributed by atoms with Crippen LogP contribution in [-0.2, 0) is 20.2 Å². The number of hydrogen-bond acceptors (Lipinski definition) is 7. The van der Waals surface area contributed by atoms with Gasteiger partial charge in [-0.3, -0.25) is 14.8 Å². The second-order valence-corrected chi connectivity index (χ2v) is 6.15. The van der Waals surface area contributed by atoms with Gasteiger partial charge in [0.1, 0.15) is 6.23 Å². The van der Waals surface area contributed by atoms with Gasteiger partial charge >= 0.3 is 20.2 Å². The van der Waals surface area contributed by atoms with E-state index in [4.69, 9.17) is 25.7 Å². The second-order valence-electron chi connectivity index (χ2n) is 2.53. The van der Waals surface area contributed by atoms with Crippen LogP contribution >= 0.6 is 0 Å². The maximum absolute atomic E-state index is 10.6. The molecule has 0 aromatic carbocycles. The van der Waals surface area contributed by atoms with E-state index in [9.17, 15) is 16.8 Å². The smallest absolute Gasteiger partial charge is 0.301 e. The standard InChI is InChI=1S/C3H10N2O7S2/c4-2(6)1-3(5,13(7,8)9)14(10,11)12/h2,6H,1,4-5H2,(H,7,8,9)(H,10,11,12). The average molecular weight is 250 g/mol. The van der Waals surface area contributed by atoms with Gasteiger partial charge in [0.05, 0.1) is 0 Å². The summed E-state index contributed by atoms with van der Waals surface area (Å²) in [7, 11) is -10.6. The molecule has 0 radical (unpaired) electrons. The molecular formula is C3H10N2O7S2. The Bertz CT molecular complexity index is 363. The van der Waals surface area contributed by atoms with Crippen molar-refractivity contribution < 1.29 is 31.0 Å². The zero-order valence-corrected chi connectivity index (χ0v) is 8.36. The summed E-state index contributed by atoms with van der Waals surface area (Å²) in [5, 5.41) is 8.56. The van der Waals surface area contributed by atoms with Gasteiger partial charge in [-0.25, -0.2) is 0 Å². The van der Waals surface area contributed by atoms with E-state index in [-0.39, 0.29) is 0 Å². The quantitative estimate of drug-likeness (QED) is 0.257. The van der Waals surface area contributed by atoms with Crippen LogP contribution in [0.25, 0.3) is 0 Å². The first-order valence-corrected chi connectivity index (χ1v) is 5.96. The van der Waals surface area contributed by atoms with Gasteiger partial charge < -0.3 is 10.8 Å². The molecule has 0 amide bonds. The highest BCUT2D eigenvalue weighted by molar-refractivity contribution is 8.05. The van der Waals surface area contributed by atoms with Crippen molar-refractivity contribution >= 4 is 20.2 Å². The van der Waals surface area contributed by atoms with E-state index in [1.54, 1.807) is 0 Å². The van der Waals surface area contributed by atoms with Crippen molar-refractivity contribution in [2.45, 2.75) is 16.9 Å². The van der Waals surface area contributed by atoms with Gasteiger partial charge in [-0.2, -0.15) is 16.8 Å². The topological polar surface area (TPSA) is 181 Å². The Balaban J connectivity index is 5.54. The van der Waals surface area contributed by atoms with Gasteiger partial charge in [0.2, 0.25) is 0 Å². The van der Waals surface area contributed by atoms with Crippen molar-refractivity contribution in [2.75, 3.05) is 0 Å². The first-order valence-electron chi connectivity index (χ1n) is 3.08. The minimum Gasteiger partial charge on any atom is -0.379 e. The van der Waals surface area contributed by atoms with Crippen LogP contribution in [0.5, 0.6) is 0 Å². The van der Waals surface area contributed by atoms with Crippen LogP contribution in [-0.4, -0.2) is 41.5 Å². The lowest BCUT2D eigenvalue weighted by Gasteiger charge is -2.23. The maximum atomic E-state index is 10.6. The molecule has 9 nitrogen and oxygen atoms in total. The highest BCUT2D eigenvalue weighted by Gasteiger charge is 2.52. The van der Waals surface area contributed by atoms with Crippen LogP contribution in [0.3, 0.4) is 0 Å². The molecule has 0 bridgehead atoms. The van der Waals surface area contributed by atoms with Crippen LogP contribution in [0.1, 0.15) is 6.42 Å². The summed E-state index contributed by atoms with van der Waals surface area (Å²) in [5.41, 5.74) is 9.43. The summed E-state index contributed by atoms with van der Waals surface area (Å²) in [6, 6.07) is 0. The number of nitrogens with two attached hydrogens (primary N) is 2. The molecule has 0 aromatic heterocycles. The molecular weight excluding hydrogens is 240 g/mol. The Kier molecular flexibility index (Phi) is 3.61. The predicted octanol–water partition coefficient (Wildman–Crippen LogP) is -2.96. The molecule has 0 aliphatic rings. The average Bonchev–Trinajstić information content (AvgIpc) is 1.79. The van der Waals surface area contributed by atoms with Gasteiger partial charge in [-0.15, -0.1) is 0 Å². The summed E-state index contributed by atoms with van der Waals surface area (Å²) >= 11 is 0. The summed E-state index contributed by atoms with van der Waals surface area (Å²) in [6.07, 6.45) is -3.19. The molecule has 0 aromatic rings. The third-order valence-electron chi connectivity index (χ3n) is 1.37. The molecule has 0 saturated carbocycles. The second kappa shape index (κ2) is 3.69. The Morgan fingerprint density at radius 1 is 1.14 bits per heavy atom. The number of hydrogen-bond donors (Lipinski definition) is 5. The Labute approximate surface area is 80.2 Å². The van der Waals surface area contributed by atoms with Crippen LogP contribution in [0.2, 0.25) is 0 Å². The van der Waals surface area contributed by atoms with E-state index in [2.05, 4.69) is 0 Å². The van der Waals surface area contributed by atoms with Gasteiger partial charge in [0.25, 0.3) is 4.20 Å². The van der Waals surface area contributed by atoms with Crippen LogP contribution < -0.4 is 11.5 Å². The third kappa shape index (κ3) is 2.60. The fraction of sp³-hybridized carbons (Fsp3) is 1.00. The maximum Gasteiger partial charge on any atom is 0.301 e. The number of rotatable bonds is 4. The SMILES string of the molecule is NC(O)CC(N)(S(=O)(=O)O)S(=O)(=O)O. The van der Waals surface area contributed by atoms with Gasteiger partial charge in [0.15, 0.2) is 0 Å².